The average Bonchev–Trinajstić information content (AvgIpc) is 2.29. The highest BCUT2D eigenvalue weighted by Gasteiger charge is 2.06. The molecule has 0 aliphatic rings. The average molecular weight is 231 g/mol. The van der Waals surface area contributed by atoms with E-state index in [0.29, 0.717) is 18.9 Å². The fourth-order valence-electron chi connectivity index (χ4n) is 1.76. The standard InChI is InChI=1S/C12H17N5/c1-17(7-6-13)8-11-15-10-5-3-2-4-9(10)12(14)16-11/h2-5H,6-8,13H2,1H3,(H2,14,15,16). The van der Waals surface area contributed by atoms with E-state index in [1.165, 1.54) is 0 Å². The molecule has 2 aromatic rings. The first-order valence-electron chi connectivity index (χ1n) is 5.60. The van der Waals surface area contributed by atoms with Gasteiger partial charge in [0.05, 0.1) is 12.1 Å². The van der Waals surface area contributed by atoms with Crippen LogP contribution in [0.15, 0.2) is 24.3 Å². The zero-order valence-electron chi connectivity index (χ0n) is 9.93. The van der Waals surface area contributed by atoms with Crippen molar-refractivity contribution in [3.8, 4) is 0 Å². The quantitative estimate of drug-likeness (QED) is 0.805. The van der Waals surface area contributed by atoms with E-state index in [1.807, 2.05) is 31.3 Å². The third-order valence-electron chi connectivity index (χ3n) is 2.60. The maximum Gasteiger partial charge on any atom is 0.145 e. The van der Waals surface area contributed by atoms with Crippen LogP contribution >= 0.6 is 0 Å². The molecule has 90 valence electrons. The molecule has 4 N–H and O–H groups in total. The third kappa shape index (κ3) is 2.69. The number of anilines is 1. The highest BCUT2D eigenvalue weighted by Crippen LogP contribution is 2.17. The van der Waals surface area contributed by atoms with Gasteiger partial charge in [0.25, 0.3) is 0 Å². The summed E-state index contributed by atoms with van der Waals surface area (Å²) in [6.45, 7) is 2.10. The zero-order chi connectivity index (χ0) is 12.3. The molecule has 0 unspecified atom stereocenters. The number of nitrogens with two attached hydrogens (primary N) is 2. The first-order valence-corrected chi connectivity index (χ1v) is 5.60. The number of hydrogen-bond donors (Lipinski definition) is 2. The van der Waals surface area contributed by atoms with Crippen LogP contribution in [-0.4, -0.2) is 35.0 Å². The van der Waals surface area contributed by atoms with Gasteiger partial charge in [-0.15, -0.1) is 0 Å². The molecule has 0 atom stereocenters. The second-order valence-electron chi connectivity index (χ2n) is 4.07. The lowest BCUT2D eigenvalue weighted by molar-refractivity contribution is 0.328. The van der Waals surface area contributed by atoms with Gasteiger partial charge in [-0.1, -0.05) is 12.1 Å². The van der Waals surface area contributed by atoms with Gasteiger partial charge < -0.3 is 11.5 Å². The van der Waals surface area contributed by atoms with Gasteiger partial charge in [0, 0.05) is 18.5 Å². The van der Waals surface area contributed by atoms with Gasteiger partial charge in [0.15, 0.2) is 0 Å². The van der Waals surface area contributed by atoms with Crippen molar-refractivity contribution in [1.29, 1.82) is 0 Å². The minimum atomic E-state index is 0.534. The molecule has 0 spiro atoms. The Kier molecular flexibility index (Phi) is 3.51. The van der Waals surface area contributed by atoms with Crippen LogP contribution < -0.4 is 11.5 Å². The Hall–Kier alpha value is -1.72. The molecule has 1 aromatic heterocycles. The van der Waals surface area contributed by atoms with Crippen LogP contribution in [0.5, 0.6) is 0 Å². The molecule has 1 aromatic carbocycles. The summed E-state index contributed by atoms with van der Waals surface area (Å²) >= 11 is 0. The van der Waals surface area contributed by atoms with E-state index in [1.54, 1.807) is 0 Å². The minimum absolute atomic E-state index is 0.534. The zero-order valence-corrected chi connectivity index (χ0v) is 9.93. The number of nitrogens with zero attached hydrogens (tertiary/aromatic N) is 3. The summed E-state index contributed by atoms with van der Waals surface area (Å²) in [5.74, 6) is 1.27. The summed E-state index contributed by atoms with van der Waals surface area (Å²) in [4.78, 5) is 10.9. The SMILES string of the molecule is CN(CCN)Cc1nc(N)c2ccccc2n1. The van der Waals surface area contributed by atoms with E-state index >= 15 is 0 Å². The highest BCUT2D eigenvalue weighted by atomic mass is 15.1. The van der Waals surface area contributed by atoms with Crippen molar-refractivity contribution in [2.24, 2.45) is 5.73 Å². The van der Waals surface area contributed by atoms with Crippen LogP contribution in [0.3, 0.4) is 0 Å². The van der Waals surface area contributed by atoms with Crippen molar-refractivity contribution < 1.29 is 0 Å². The number of aromatic nitrogens is 2. The summed E-state index contributed by atoms with van der Waals surface area (Å²) in [6, 6.07) is 7.75. The van der Waals surface area contributed by atoms with E-state index in [9.17, 15) is 0 Å². The molecule has 2 rings (SSSR count). The summed E-state index contributed by atoms with van der Waals surface area (Å²) < 4.78 is 0. The molecular weight excluding hydrogens is 214 g/mol. The van der Waals surface area contributed by atoms with Gasteiger partial charge in [0.2, 0.25) is 0 Å². The van der Waals surface area contributed by atoms with Gasteiger partial charge in [-0.3, -0.25) is 4.90 Å². The molecule has 17 heavy (non-hydrogen) atoms. The lowest BCUT2D eigenvalue weighted by atomic mass is 10.2. The van der Waals surface area contributed by atoms with Crippen LogP contribution in [-0.2, 0) is 6.54 Å². The lowest BCUT2D eigenvalue weighted by Gasteiger charge is -2.14. The normalized spacial score (nSPS) is 11.2. The number of nitrogen functional groups attached to an aromatic ring is 1. The van der Waals surface area contributed by atoms with E-state index in [0.717, 1.165) is 23.3 Å². The van der Waals surface area contributed by atoms with Gasteiger partial charge in [-0.05, 0) is 19.2 Å². The monoisotopic (exact) mass is 231 g/mol. The van der Waals surface area contributed by atoms with E-state index in [2.05, 4.69) is 14.9 Å². The number of likely N-dealkylation sites (N-methyl/N-ethyl adjacent to an activating group) is 1. The fourth-order valence-corrected chi connectivity index (χ4v) is 1.76. The van der Waals surface area contributed by atoms with Crippen molar-refractivity contribution in [3.05, 3.63) is 30.1 Å². The number of rotatable bonds is 4. The van der Waals surface area contributed by atoms with Gasteiger partial charge in [-0.2, -0.15) is 0 Å². The maximum absolute atomic E-state index is 5.91. The van der Waals surface area contributed by atoms with Crippen LogP contribution in [0.4, 0.5) is 5.82 Å². The van der Waals surface area contributed by atoms with Crippen molar-refractivity contribution in [3.63, 3.8) is 0 Å². The van der Waals surface area contributed by atoms with Crippen LogP contribution in [0.2, 0.25) is 0 Å². The molecule has 0 aliphatic carbocycles. The molecule has 0 saturated carbocycles. The predicted molar refractivity (Wildman–Crippen MR) is 69.3 cm³/mol. The molecule has 5 nitrogen and oxygen atoms in total. The Balaban J connectivity index is 2.30. The number of benzene rings is 1. The third-order valence-corrected chi connectivity index (χ3v) is 2.60. The lowest BCUT2D eigenvalue weighted by Crippen LogP contribution is -2.26. The molecule has 0 bridgehead atoms. The Morgan fingerprint density at radius 3 is 2.76 bits per heavy atom. The summed E-state index contributed by atoms with van der Waals surface area (Å²) in [5.41, 5.74) is 12.3. The number of fused-ring (bicyclic) bond motifs is 1. The second kappa shape index (κ2) is 5.07. The topological polar surface area (TPSA) is 81.1 Å². The predicted octanol–water partition coefficient (Wildman–Crippen LogP) is 0.603. The number of para-hydroxylation sites is 1. The van der Waals surface area contributed by atoms with E-state index in [-0.39, 0.29) is 0 Å². The molecule has 0 aliphatic heterocycles. The largest absolute Gasteiger partial charge is 0.383 e. The van der Waals surface area contributed by atoms with E-state index < -0.39 is 0 Å². The van der Waals surface area contributed by atoms with Crippen LogP contribution in [0.1, 0.15) is 5.82 Å². The smallest absolute Gasteiger partial charge is 0.145 e. The second-order valence-corrected chi connectivity index (χ2v) is 4.07. The van der Waals surface area contributed by atoms with Crippen molar-refractivity contribution >= 4 is 16.7 Å². The van der Waals surface area contributed by atoms with Crippen molar-refractivity contribution in [1.82, 2.24) is 14.9 Å². The molecular formula is C12H17N5. The van der Waals surface area contributed by atoms with Gasteiger partial charge in [-0.25, -0.2) is 9.97 Å². The highest BCUT2D eigenvalue weighted by molar-refractivity contribution is 5.87. The Labute approximate surface area is 100 Å². The molecule has 0 amide bonds. The molecule has 5 heteroatoms. The Morgan fingerprint density at radius 1 is 1.24 bits per heavy atom. The van der Waals surface area contributed by atoms with Gasteiger partial charge in [0.1, 0.15) is 11.6 Å². The fraction of sp³-hybridized carbons (Fsp3) is 0.333. The Bertz CT molecular complexity index is 511. The summed E-state index contributed by atoms with van der Waals surface area (Å²) in [7, 11) is 1.99. The molecule has 0 radical (unpaired) electrons. The molecule has 0 fully saturated rings. The number of hydrogen-bond acceptors (Lipinski definition) is 5. The molecule has 1 heterocycles. The van der Waals surface area contributed by atoms with Gasteiger partial charge >= 0.3 is 0 Å². The van der Waals surface area contributed by atoms with Crippen molar-refractivity contribution in [2.75, 3.05) is 25.9 Å². The minimum Gasteiger partial charge on any atom is -0.383 e. The maximum atomic E-state index is 5.91. The van der Waals surface area contributed by atoms with E-state index in [4.69, 9.17) is 11.5 Å². The van der Waals surface area contributed by atoms with Crippen LogP contribution in [0, 0.1) is 0 Å². The molecule has 0 saturated heterocycles. The van der Waals surface area contributed by atoms with Crippen molar-refractivity contribution in [2.45, 2.75) is 6.54 Å². The summed E-state index contributed by atoms with van der Waals surface area (Å²) in [6.07, 6.45) is 0. The summed E-state index contributed by atoms with van der Waals surface area (Å²) in [5, 5.41) is 0.901. The first kappa shape index (κ1) is 11.8. The van der Waals surface area contributed by atoms with Crippen LogP contribution in [0.25, 0.3) is 10.9 Å². The Morgan fingerprint density at radius 2 is 2.00 bits per heavy atom. The first-order chi connectivity index (χ1) is 8.20.